The van der Waals surface area contributed by atoms with Crippen molar-refractivity contribution in [3.05, 3.63) is 51.8 Å². The molecule has 8 heteroatoms. The number of carbonyl (C=O) groups is 3. The van der Waals surface area contributed by atoms with E-state index in [1.807, 2.05) is 32.0 Å². The summed E-state index contributed by atoms with van der Waals surface area (Å²) in [5.74, 6) is -5.60. The Kier molecular flexibility index (Phi) is 5.29. The first-order chi connectivity index (χ1) is 15.4. The van der Waals surface area contributed by atoms with Crippen LogP contribution in [0, 0.1) is 17.3 Å². The normalized spacial score (nSPS) is 33.7. The van der Waals surface area contributed by atoms with Crippen molar-refractivity contribution in [1.29, 1.82) is 0 Å². The van der Waals surface area contributed by atoms with Crippen molar-refractivity contribution in [1.82, 2.24) is 4.90 Å². The number of benzene rings is 1. The number of allylic oxidation sites excluding steroid dienone is 1. The van der Waals surface area contributed by atoms with Crippen molar-refractivity contribution >= 4 is 23.2 Å². The van der Waals surface area contributed by atoms with Gasteiger partial charge < -0.3 is 21.1 Å². The Bertz CT molecular complexity index is 1150. The van der Waals surface area contributed by atoms with Crippen LogP contribution in [-0.2, 0) is 20.8 Å². The smallest absolute Gasteiger partial charge is 0.255 e. The average Bonchev–Trinajstić information content (AvgIpc) is 2.75. The Hall–Kier alpha value is -2.97. The van der Waals surface area contributed by atoms with Crippen molar-refractivity contribution in [3.63, 3.8) is 0 Å². The highest BCUT2D eigenvalue weighted by atomic mass is 16.3. The largest absolute Gasteiger partial charge is 0.510 e. The van der Waals surface area contributed by atoms with E-state index in [0.29, 0.717) is 12.0 Å². The molecular weight excluding hydrogens is 424 g/mol. The van der Waals surface area contributed by atoms with Gasteiger partial charge in [-0.1, -0.05) is 32.0 Å². The molecule has 0 saturated heterocycles. The van der Waals surface area contributed by atoms with Crippen molar-refractivity contribution in [2.75, 3.05) is 14.1 Å². The number of rotatable bonds is 3. The molecule has 1 fully saturated rings. The zero-order chi connectivity index (χ0) is 24.6. The number of aryl methyl sites for hydroxylation is 1. The number of ketones is 2. The topological polar surface area (TPSA) is 141 Å². The third kappa shape index (κ3) is 2.80. The van der Waals surface area contributed by atoms with E-state index in [0.717, 1.165) is 11.1 Å². The Morgan fingerprint density at radius 2 is 1.85 bits per heavy atom. The second-order valence-electron chi connectivity index (χ2n) is 9.72. The lowest BCUT2D eigenvalue weighted by molar-refractivity contribution is -0.150. The lowest BCUT2D eigenvalue weighted by Gasteiger charge is -2.55. The van der Waals surface area contributed by atoms with E-state index in [1.54, 1.807) is 14.1 Å². The summed E-state index contributed by atoms with van der Waals surface area (Å²) in [4.78, 5) is 40.9. The third-order valence-electron chi connectivity index (χ3n) is 7.92. The maximum atomic E-state index is 14.1. The molecule has 8 nitrogen and oxygen atoms in total. The van der Waals surface area contributed by atoms with Crippen LogP contribution in [0.5, 0.6) is 0 Å². The predicted molar refractivity (Wildman–Crippen MR) is 121 cm³/mol. The quantitative estimate of drug-likeness (QED) is 0.509. The van der Waals surface area contributed by atoms with Gasteiger partial charge in [-0.15, -0.1) is 0 Å². The van der Waals surface area contributed by atoms with Gasteiger partial charge in [-0.05, 0) is 44.5 Å². The summed E-state index contributed by atoms with van der Waals surface area (Å²) in [5.41, 5.74) is 5.23. The minimum Gasteiger partial charge on any atom is -0.510 e. The van der Waals surface area contributed by atoms with Crippen molar-refractivity contribution in [2.45, 2.75) is 45.3 Å². The molecule has 0 spiro atoms. The summed E-state index contributed by atoms with van der Waals surface area (Å²) < 4.78 is 0. The number of hydrogen-bond acceptors (Lipinski definition) is 7. The summed E-state index contributed by atoms with van der Waals surface area (Å²) in [7, 11) is 3.22. The van der Waals surface area contributed by atoms with Crippen LogP contribution >= 0.6 is 0 Å². The molecule has 4 rings (SSSR count). The van der Waals surface area contributed by atoms with Crippen LogP contribution in [0.1, 0.15) is 43.4 Å². The van der Waals surface area contributed by atoms with Gasteiger partial charge in [0.25, 0.3) is 5.91 Å². The van der Waals surface area contributed by atoms with E-state index >= 15 is 0 Å². The van der Waals surface area contributed by atoms with E-state index in [1.165, 1.54) is 11.8 Å². The number of amides is 1. The Labute approximate surface area is 192 Å². The van der Waals surface area contributed by atoms with E-state index in [-0.39, 0.29) is 17.3 Å². The highest BCUT2D eigenvalue weighted by Gasteiger charge is 2.66. The monoisotopic (exact) mass is 454 g/mol. The first-order valence-corrected chi connectivity index (χ1v) is 11.1. The zero-order valence-corrected chi connectivity index (χ0v) is 19.4. The molecule has 1 aromatic rings. The van der Waals surface area contributed by atoms with Crippen LogP contribution in [-0.4, -0.2) is 63.9 Å². The number of carbonyl (C=O) groups excluding carboxylic acids is 3. The maximum absolute atomic E-state index is 14.1. The van der Waals surface area contributed by atoms with Gasteiger partial charge in [0.2, 0.25) is 0 Å². The Morgan fingerprint density at radius 1 is 1.21 bits per heavy atom. The molecule has 33 heavy (non-hydrogen) atoms. The number of hydrogen-bond donors (Lipinski definition) is 4. The number of Topliss-reactive ketones (excluding diaryl/α,β-unsaturated/α-hetero) is 2. The van der Waals surface area contributed by atoms with E-state index < -0.39 is 58.2 Å². The first-order valence-electron chi connectivity index (χ1n) is 11.1. The van der Waals surface area contributed by atoms with Crippen molar-refractivity contribution < 1.29 is 29.7 Å². The molecule has 176 valence electrons. The van der Waals surface area contributed by atoms with Gasteiger partial charge in [0.1, 0.15) is 17.1 Å². The zero-order valence-electron chi connectivity index (χ0n) is 19.4. The minimum absolute atomic E-state index is 0.0179. The molecule has 6 atom stereocenters. The highest BCUT2D eigenvalue weighted by molar-refractivity contribution is 6.24. The van der Waals surface area contributed by atoms with Crippen molar-refractivity contribution in [3.8, 4) is 0 Å². The summed E-state index contributed by atoms with van der Waals surface area (Å²) in [6, 6.07) is 4.57. The molecule has 0 aromatic heterocycles. The molecule has 0 unspecified atom stereocenters. The van der Waals surface area contributed by atoms with Crippen LogP contribution in [0.2, 0.25) is 0 Å². The molecule has 3 aliphatic carbocycles. The third-order valence-corrected chi connectivity index (χ3v) is 7.92. The number of nitrogens with zero attached hydrogens (tertiary/aromatic N) is 1. The molecular formula is C25H30N2O6. The Balaban J connectivity index is 2.06. The lowest BCUT2D eigenvalue weighted by Crippen LogP contribution is -2.66. The number of aliphatic hydroxyl groups excluding tert-OH is 3. The maximum Gasteiger partial charge on any atom is 0.255 e. The lowest BCUT2D eigenvalue weighted by atomic mass is 9.50. The standard InChI is InChI=1S/C25H30N2O6/c1-6-11-8-7-9-12-10(2)13-15(19(28)14(11)12)22(31)25(3)17(20(13)29)18(27(4)5)21(30)16(23(25)32)24(26)33/h7-10,13,17-18,20,28-29,32H,6H2,1-5H3,(H2,26,33)/t10-,13+,17+,18-,20-,25+/m0/s1. The fourth-order valence-electron chi connectivity index (χ4n) is 6.29. The summed E-state index contributed by atoms with van der Waals surface area (Å²) in [6.45, 7) is 5.24. The van der Waals surface area contributed by atoms with Crippen LogP contribution in [0.25, 0.3) is 5.76 Å². The van der Waals surface area contributed by atoms with Crippen molar-refractivity contribution in [2.24, 2.45) is 23.0 Å². The van der Waals surface area contributed by atoms with Gasteiger partial charge in [-0.25, -0.2) is 0 Å². The average molecular weight is 455 g/mol. The SMILES string of the molecule is CCc1cccc2c1C(O)=C1C(=O)[C@]3(C)C(O)=C(C(N)=O)C(=O)[C@@H](N(C)C)[C@@H]3[C@@H](O)[C@@H]1[C@H]2C. The Morgan fingerprint density at radius 3 is 2.39 bits per heavy atom. The molecule has 5 N–H and O–H groups in total. The molecule has 0 aliphatic heterocycles. The first kappa shape index (κ1) is 23.2. The van der Waals surface area contributed by atoms with E-state index in [9.17, 15) is 29.7 Å². The fraction of sp³-hybridized carbons (Fsp3) is 0.480. The highest BCUT2D eigenvalue weighted by Crippen LogP contribution is 2.58. The van der Waals surface area contributed by atoms with Gasteiger partial charge in [-0.2, -0.15) is 0 Å². The molecule has 1 saturated carbocycles. The second kappa shape index (κ2) is 7.53. The van der Waals surface area contributed by atoms with Gasteiger partial charge in [0, 0.05) is 23.0 Å². The fourth-order valence-corrected chi connectivity index (χ4v) is 6.29. The summed E-state index contributed by atoms with van der Waals surface area (Å²) in [5, 5.41) is 34.1. The number of primary amides is 1. The van der Waals surface area contributed by atoms with Crippen LogP contribution in [0.15, 0.2) is 35.1 Å². The predicted octanol–water partition coefficient (Wildman–Crippen LogP) is 1.63. The van der Waals surface area contributed by atoms with Gasteiger partial charge in [-0.3, -0.25) is 19.3 Å². The summed E-state index contributed by atoms with van der Waals surface area (Å²) in [6.07, 6.45) is -0.630. The van der Waals surface area contributed by atoms with Crippen LogP contribution in [0.4, 0.5) is 0 Å². The molecule has 0 radical (unpaired) electrons. The second-order valence-corrected chi connectivity index (χ2v) is 9.72. The van der Waals surface area contributed by atoms with Crippen LogP contribution < -0.4 is 5.73 Å². The molecule has 3 aliphatic rings. The number of likely N-dealkylation sites (N-methyl/N-ethyl adjacent to an activating group) is 1. The summed E-state index contributed by atoms with van der Waals surface area (Å²) >= 11 is 0. The molecule has 0 bridgehead atoms. The number of fused-ring (bicyclic) bond motifs is 3. The van der Waals surface area contributed by atoms with Gasteiger partial charge >= 0.3 is 0 Å². The number of aliphatic hydroxyl groups is 3. The van der Waals surface area contributed by atoms with Gasteiger partial charge in [0.05, 0.1) is 17.6 Å². The van der Waals surface area contributed by atoms with Gasteiger partial charge in [0.15, 0.2) is 11.6 Å². The van der Waals surface area contributed by atoms with E-state index in [4.69, 9.17) is 5.73 Å². The molecule has 1 amide bonds. The molecule has 1 aromatic carbocycles. The number of nitrogens with two attached hydrogens (primary N) is 1. The van der Waals surface area contributed by atoms with Crippen LogP contribution in [0.3, 0.4) is 0 Å². The van der Waals surface area contributed by atoms with E-state index in [2.05, 4.69) is 0 Å². The molecule has 0 heterocycles. The minimum atomic E-state index is -1.81.